The molecule has 0 unspecified atom stereocenters. The van der Waals surface area contributed by atoms with Gasteiger partial charge in [-0.1, -0.05) is 5.92 Å². The zero-order valence-corrected chi connectivity index (χ0v) is 12.7. The lowest BCUT2D eigenvalue weighted by Crippen LogP contribution is -2.48. The molecule has 5 heteroatoms. The van der Waals surface area contributed by atoms with Gasteiger partial charge in [0.05, 0.1) is 12.1 Å². The van der Waals surface area contributed by atoms with Crippen molar-refractivity contribution in [3.63, 3.8) is 0 Å². The van der Waals surface area contributed by atoms with Crippen LogP contribution in [0.4, 0.5) is 11.4 Å². The van der Waals surface area contributed by atoms with Crippen LogP contribution in [0.3, 0.4) is 0 Å². The Kier molecular flexibility index (Phi) is 4.71. The molecule has 5 nitrogen and oxygen atoms in total. The fourth-order valence-electron chi connectivity index (χ4n) is 2.52. The van der Waals surface area contributed by atoms with Gasteiger partial charge in [-0.05, 0) is 18.2 Å². The van der Waals surface area contributed by atoms with Crippen molar-refractivity contribution in [2.24, 2.45) is 0 Å². The minimum absolute atomic E-state index is 0.0337. The van der Waals surface area contributed by atoms with Crippen molar-refractivity contribution in [3.8, 4) is 12.3 Å². The lowest BCUT2D eigenvalue weighted by Gasteiger charge is -2.34. The summed E-state index contributed by atoms with van der Waals surface area (Å²) in [4.78, 5) is 18.7. The molecule has 1 aromatic rings. The van der Waals surface area contributed by atoms with Crippen molar-refractivity contribution in [3.05, 3.63) is 23.8 Å². The summed E-state index contributed by atoms with van der Waals surface area (Å²) in [5.41, 5.74) is 7.99. The molecule has 0 saturated carbocycles. The number of piperazine rings is 1. The number of anilines is 2. The second-order valence-corrected chi connectivity index (χ2v) is 5.44. The Morgan fingerprint density at radius 1 is 1.33 bits per heavy atom. The quantitative estimate of drug-likeness (QED) is 0.657. The molecule has 1 fully saturated rings. The highest BCUT2D eigenvalue weighted by Crippen LogP contribution is 2.23. The summed E-state index contributed by atoms with van der Waals surface area (Å²) in [5.74, 6) is 2.68. The van der Waals surface area contributed by atoms with Gasteiger partial charge >= 0.3 is 0 Å². The first-order valence-corrected chi connectivity index (χ1v) is 7.05. The van der Waals surface area contributed by atoms with Gasteiger partial charge in [0, 0.05) is 51.6 Å². The van der Waals surface area contributed by atoms with Crippen LogP contribution in [-0.2, 0) is 0 Å². The molecule has 1 saturated heterocycles. The van der Waals surface area contributed by atoms with Crippen molar-refractivity contribution in [2.75, 3.05) is 57.5 Å². The average Bonchev–Trinajstić information content (AvgIpc) is 2.47. The number of hydrogen-bond donors (Lipinski definition) is 1. The average molecular weight is 286 g/mol. The predicted molar refractivity (Wildman–Crippen MR) is 86.4 cm³/mol. The van der Waals surface area contributed by atoms with Gasteiger partial charge in [-0.2, -0.15) is 0 Å². The summed E-state index contributed by atoms with van der Waals surface area (Å²) in [6, 6.07) is 5.46. The zero-order valence-electron chi connectivity index (χ0n) is 12.7. The van der Waals surface area contributed by atoms with E-state index in [4.69, 9.17) is 12.2 Å². The SMILES string of the molecule is C#CCN1CCN(C(=O)c2cc(N)ccc2N(C)C)CC1. The summed E-state index contributed by atoms with van der Waals surface area (Å²) in [6.07, 6.45) is 5.32. The summed E-state index contributed by atoms with van der Waals surface area (Å²) >= 11 is 0. The molecular formula is C16H22N4O. The van der Waals surface area contributed by atoms with E-state index in [1.807, 2.05) is 36.0 Å². The summed E-state index contributed by atoms with van der Waals surface area (Å²) in [5, 5.41) is 0. The third-order valence-corrected chi connectivity index (χ3v) is 3.71. The first-order chi connectivity index (χ1) is 10.0. The summed E-state index contributed by atoms with van der Waals surface area (Å²) in [6.45, 7) is 3.67. The minimum Gasteiger partial charge on any atom is -0.399 e. The fraction of sp³-hybridized carbons (Fsp3) is 0.438. The van der Waals surface area contributed by atoms with Gasteiger partial charge in [0.25, 0.3) is 5.91 Å². The van der Waals surface area contributed by atoms with Gasteiger partial charge in [-0.15, -0.1) is 6.42 Å². The number of benzene rings is 1. The highest BCUT2D eigenvalue weighted by Gasteiger charge is 2.24. The van der Waals surface area contributed by atoms with E-state index in [9.17, 15) is 4.79 Å². The van der Waals surface area contributed by atoms with Crippen LogP contribution in [0, 0.1) is 12.3 Å². The number of nitrogens with zero attached hydrogens (tertiary/aromatic N) is 3. The highest BCUT2D eigenvalue weighted by molar-refractivity contribution is 6.00. The fourth-order valence-corrected chi connectivity index (χ4v) is 2.52. The third-order valence-electron chi connectivity index (χ3n) is 3.71. The lowest BCUT2D eigenvalue weighted by molar-refractivity contribution is 0.0653. The molecule has 1 aliphatic rings. The second-order valence-electron chi connectivity index (χ2n) is 5.44. The molecule has 2 rings (SSSR count). The Bertz CT molecular complexity index is 554. The molecule has 0 radical (unpaired) electrons. The van der Waals surface area contributed by atoms with Crippen LogP contribution in [-0.4, -0.2) is 62.5 Å². The normalized spacial score (nSPS) is 15.6. The van der Waals surface area contributed by atoms with E-state index in [1.165, 1.54) is 0 Å². The first-order valence-electron chi connectivity index (χ1n) is 7.05. The largest absolute Gasteiger partial charge is 0.399 e. The molecule has 1 aliphatic heterocycles. The predicted octanol–water partition coefficient (Wildman–Crippen LogP) is 0.726. The van der Waals surface area contributed by atoms with Crippen LogP contribution in [0.2, 0.25) is 0 Å². The molecule has 0 aliphatic carbocycles. The lowest BCUT2D eigenvalue weighted by atomic mass is 10.1. The van der Waals surface area contributed by atoms with E-state index in [1.54, 1.807) is 6.07 Å². The molecule has 0 atom stereocenters. The zero-order chi connectivity index (χ0) is 15.4. The topological polar surface area (TPSA) is 52.8 Å². The summed E-state index contributed by atoms with van der Waals surface area (Å²) in [7, 11) is 3.85. The monoisotopic (exact) mass is 286 g/mol. The van der Waals surface area contributed by atoms with Gasteiger partial charge in [-0.3, -0.25) is 9.69 Å². The van der Waals surface area contributed by atoms with Gasteiger partial charge in [0.2, 0.25) is 0 Å². The maximum atomic E-state index is 12.7. The maximum Gasteiger partial charge on any atom is 0.256 e. The number of amides is 1. The number of terminal acetylenes is 1. The molecule has 112 valence electrons. The summed E-state index contributed by atoms with van der Waals surface area (Å²) < 4.78 is 0. The van der Waals surface area contributed by atoms with Gasteiger partial charge < -0.3 is 15.5 Å². The van der Waals surface area contributed by atoms with Crippen LogP contribution in [0.25, 0.3) is 0 Å². The van der Waals surface area contributed by atoms with Crippen LogP contribution >= 0.6 is 0 Å². The number of carbonyl (C=O) groups excluding carboxylic acids is 1. The Labute approximate surface area is 126 Å². The molecule has 0 aromatic heterocycles. The number of hydrogen-bond acceptors (Lipinski definition) is 4. The molecule has 0 spiro atoms. The Balaban J connectivity index is 2.14. The van der Waals surface area contributed by atoms with Crippen molar-refractivity contribution in [2.45, 2.75) is 0 Å². The van der Waals surface area contributed by atoms with Gasteiger partial charge in [-0.25, -0.2) is 0 Å². The van der Waals surface area contributed by atoms with E-state index in [2.05, 4.69) is 10.8 Å². The second kappa shape index (κ2) is 6.51. The molecule has 1 aromatic carbocycles. The maximum absolute atomic E-state index is 12.7. The van der Waals surface area contributed by atoms with E-state index >= 15 is 0 Å². The van der Waals surface area contributed by atoms with E-state index in [0.29, 0.717) is 30.9 Å². The van der Waals surface area contributed by atoms with Gasteiger partial charge in [0.1, 0.15) is 0 Å². The number of nitrogen functional groups attached to an aromatic ring is 1. The molecule has 0 bridgehead atoms. The van der Waals surface area contributed by atoms with Crippen molar-refractivity contribution < 1.29 is 4.79 Å². The molecule has 21 heavy (non-hydrogen) atoms. The number of rotatable bonds is 3. The van der Waals surface area contributed by atoms with Crippen LogP contribution in [0.15, 0.2) is 18.2 Å². The Morgan fingerprint density at radius 2 is 2.00 bits per heavy atom. The van der Waals surface area contributed by atoms with E-state index in [-0.39, 0.29) is 5.91 Å². The van der Waals surface area contributed by atoms with E-state index < -0.39 is 0 Å². The van der Waals surface area contributed by atoms with Crippen molar-refractivity contribution in [1.82, 2.24) is 9.80 Å². The smallest absolute Gasteiger partial charge is 0.256 e. The number of carbonyl (C=O) groups is 1. The van der Waals surface area contributed by atoms with Crippen molar-refractivity contribution >= 4 is 17.3 Å². The van der Waals surface area contributed by atoms with Crippen LogP contribution in [0.1, 0.15) is 10.4 Å². The molecule has 1 heterocycles. The first kappa shape index (κ1) is 15.2. The van der Waals surface area contributed by atoms with E-state index in [0.717, 1.165) is 18.8 Å². The minimum atomic E-state index is 0.0337. The van der Waals surface area contributed by atoms with Crippen molar-refractivity contribution in [1.29, 1.82) is 0 Å². The standard InChI is InChI=1S/C16H22N4O/c1-4-7-19-8-10-20(11-9-19)16(21)14-12-13(17)5-6-15(14)18(2)3/h1,5-6,12H,7-11,17H2,2-3H3. The van der Waals surface area contributed by atoms with Crippen LogP contribution < -0.4 is 10.6 Å². The molecule has 1 amide bonds. The Morgan fingerprint density at radius 3 is 2.57 bits per heavy atom. The molecule has 2 N–H and O–H groups in total. The third kappa shape index (κ3) is 3.47. The molecular weight excluding hydrogens is 264 g/mol. The van der Waals surface area contributed by atoms with Gasteiger partial charge in [0.15, 0.2) is 0 Å². The Hall–Kier alpha value is -2.19. The number of nitrogens with two attached hydrogens (primary N) is 1. The highest BCUT2D eigenvalue weighted by atomic mass is 16.2. The van der Waals surface area contributed by atoms with Crippen LogP contribution in [0.5, 0.6) is 0 Å².